The molecule has 1 aromatic heterocycles. The molecule has 1 aliphatic carbocycles. The number of rotatable bonds is 4. The highest BCUT2D eigenvalue weighted by Crippen LogP contribution is 2.48. The highest BCUT2D eigenvalue weighted by molar-refractivity contribution is 6.31. The van der Waals surface area contributed by atoms with Crippen molar-refractivity contribution in [2.24, 2.45) is 5.92 Å². The number of anilines is 1. The minimum absolute atomic E-state index is 0.0491. The molecule has 8 heteroatoms. The normalized spacial score (nSPS) is 18.8. The van der Waals surface area contributed by atoms with Gasteiger partial charge in [0.2, 0.25) is 11.7 Å². The van der Waals surface area contributed by atoms with Gasteiger partial charge in [-0.1, -0.05) is 35.3 Å². The van der Waals surface area contributed by atoms with Crippen molar-refractivity contribution >= 4 is 34.8 Å². The second kappa shape index (κ2) is 6.46. The van der Waals surface area contributed by atoms with Gasteiger partial charge in [-0.25, -0.2) is 0 Å². The molecule has 1 fully saturated rings. The minimum Gasteiger partial charge on any atom is -0.325 e. The molecule has 25 heavy (non-hydrogen) atoms. The molecule has 2 aromatic carbocycles. The molecule has 0 aliphatic heterocycles. The molecular formula is C17H13Cl2N5O. The molecule has 0 spiro atoms. The number of carbonyl (C=O) groups is 1. The third-order valence-electron chi connectivity index (χ3n) is 4.25. The van der Waals surface area contributed by atoms with Crippen LogP contribution >= 0.6 is 23.2 Å². The summed E-state index contributed by atoms with van der Waals surface area (Å²) in [5, 5.41) is 18.0. The molecule has 0 bridgehead atoms. The minimum atomic E-state index is -0.0710. The maximum Gasteiger partial charge on any atom is 0.228 e. The average molecular weight is 374 g/mol. The Bertz CT molecular complexity index is 911. The van der Waals surface area contributed by atoms with E-state index < -0.39 is 0 Å². The second-order valence-corrected chi connectivity index (χ2v) is 6.79. The van der Waals surface area contributed by atoms with Crippen LogP contribution in [0.3, 0.4) is 0 Å². The van der Waals surface area contributed by atoms with E-state index in [0.29, 0.717) is 27.1 Å². The van der Waals surface area contributed by atoms with E-state index in [0.717, 1.165) is 12.0 Å². The lowest BCUT2D eigenvalue weighted by Crippen LogP contribution is -2.15. The summed E-state index contributed by atoms with van der Waals surface area (Å²) in [5.41, 5.74) is 2.35. The summed E-state index contributed by atoms with van der Waals surface area (Å²) >= 11 is 12.0. The lowest BCUT2D eigenvalue weighted by atomic mass is 10.1. The number of aromatic amines is 1. The lowest BCUT2D eigenvalue weighted by molar-refractivity contribution is -0.117. The van der Waals surface area contributed by atoms with Crippen molar-refractivity contribution in [1.29, 1.82) is 0 Å². The molecule has 1 amide bonds. The monoisotopic (exact) mass is 373 g/mol. The van der Waals surface area contributed by atoms with E-state index in [9.17, 15) is 4.79 Å². The number of amides is 1. The second-order valence-electron chi connectivity index (χ2n) is 5.91. The zero-order chi connectivity index (χ0) is 17.4. The van der Waals surface area contributed by atoms with Gasteiger partial charge in [0.1, 0.15) is 0 Å². The van der Waals surface area contributed by atoms with Crippen molar-refractivity contribution in [3.8, 4) is 11.4 Å². The van der Waals surface area contributed by atoms with Crippen LogP contribution in [0.1, 0.15) is 17.9 Å². The van der Waals surface area contributed by atoms with Crippen molar-refractivity contribution < 1.29 is 4.79 Å². The van der Waals surface area contributed by atoms with Gasteiger partial charge in [0.05, 0.1) is 5.69 Å². The Kier molecular flexibility index (Phi) is 4.15. The van der Waals surface area contributed by atoms with Gasteiger partial charge in [-0.3, -0.25) is 4.79 Å². The first-order valence-electron chi connectivity index (χ1n) is 7.71. The van der Waals surface area contributed by atoms with Gasteiger partial charge in [0.15, 0.2) is 0 Å². The van der Waals surface area contributed by atoms with Crippen LogP contribution in [0.2, 0.25) is 10.0 Å². The van der Waals surface area contributed by atoms with E-state index in [2.05, 4.69) is 25.9 Å². The molecule has 3 aromatic rings. The number of tetrazole rings is 1. The largest absolute Gasteiger partial charge is 0.325 e. The highest BCUT2D eigenvalue weighted by Gasteiger charge is 2.44. The Hall–Kier alpha value is -2.44. The van der Waals surface area contributed by atoms with E-state index in [4.69, 9.17) is 23.2 Å². The van der Waals surface area contributed by atoms with Crippen molar-refractivity contribution in [2.75, 3.05) is 5.32 Å². The molecule has 4 rings (SSSR count). The molecule has 0 saturated heterocycles. The van der Waals surface area contributed by atoms with E-state index in [1.807, 2.05) is 24.3 Å². The van der Waals surface area contributed by atoms with Crippen LogP contribution in [-0.4, -0.2) is 26.5 Å². The predicted octanol–water partition coefficient (Wildman–Crippen LogP) is 3.92. The SMILES string of the molecule is O=C(Nc1cc(Cl)ccc1-c1nn[nH]n1)[C@@H]1C[C@@H]1c1ccc(Cl)cc1. The first kappa shape index (κ1) is 16.1. The third kappa shape index (κ3) is 3.36. The van der Waals surface area contributed by atoms with Gasteiger partial charge >= 0.3 is 0 Å². The van der Waals surface area contributed by atoms with Gasteiger partial charge in [0, 0.05) is 21.5 Å². The highest BCUT2D eigenvalue weighted by atomic mass is 35.5. The van der Waals surface area contributed by atoms with Gasteiger partial charge in [0.25, 0.3) is 0 Å². The molecule has 126 valence electrons. The summed E-state index contributed by atoms with van der Waals surface area (Å²) in [6, 6.07) is 12.8. The van der Waals surface area contributed by atoms with Crippen molar-refractivity contribution in [2.45, 2.75) is 12.3 Å². The van der Waals surface area contributed by atoms with E-state index in [1.54, 1.807) is 18.2 Å². The fraction of sp³-hybridized carbons (Fsp3) is 0.176. The molecule has 0 unspecified atom stereocenters. The molecular weight excluding hydrogens is 361 g/mol. The fourth-order valence-electron chi connectivity index (χ4n) is 2.88. The maximum absolute atomic E-state index is 12.6. The number of H-pyrrole nitrogens is 1. The van der Waals surface area contributed by atoms with Crippen LogP contribution in [0.5, 0.6) is 0 Å². The van der Waals surface area contributed by atoms with Gasteiger partial charge in [-0.05, 0) is 53.4 Å². The van der Waals surface area contributed by atoms with Crippen molar-refractivity contribution in [3.63, 3.8) is 0 Å². The summed E-state index contributed by atoms with van der Waals surface area (Å²) < 4.78 is 0. The summed E-state index contributed by atoms with van der Waals surface area (Å²) in [7, 11) is 0. The number of aromatic nitrogens is 4. The zero-order valence-corrected chi connectivity index (χ0v) is 14.4. The molecule has 1 saturated carbocycles. The maximum atomic E-state index is 12.6. The molecule has 1 aliphatic rings. The van der Waals surface area contributed by atoms with Crippen LogP contribution in [0.4, 0.5) is 5.69 Å². The lowest BCUT2D eigenvalue weighted by Gasteiger charge is -2.09. The topological polar surface area (TPSA) is 83.6 Å². The van der Waals surface area contributed by atoms with Crippen molar-refractivity contribution in [1.82, 2.24) is 20.6 Å². The van der Waals surface area contributed by atoms with Crippen LogP contribution in [-0.2, 0) is 4.79 Å². The van der Waals surface area contributed by atoms with Gasteiger partial charge < -0.3 is 5.32 Å². The number of nitrogens with zero attached hydrogens (tertiary/aromatic N) is 3. The van der Waals surface area contributed by atoms with E-state index >= 15 is 0 Å². The molecule has 1 heterocycles. The van der Waals surface area contributed by atoms with Gasteiger partial charge in [-0.2, -0.15) is 5.21 Å². The molecule has 2 atom stereocenters. The quantitative estimate of drug-likeness (QED) is 0.725. The summed E-state index contributed by atoms with van der Waals surface area (Å²) in [4.78, 5) is 12.6. The first-order chi connectivity index (χ1) is 12.1. The Labute approximate surface area is 153 Å². The smallest absolute Gasteiger partial charge is 0.228 e. The van der Waals surface area contributed by atoms with Crippen LogP contribution < -0.4 is 5.32 Å². The van der Waals surface area contributed by atoms with E-state index in [-0.39, 0.29) is 17.7 Å². The number of benzene rings is 2. The third-order valence-corrected chi connectivity index (χ3v) is 4.74. The number of nitrogens with one attached hydrogen (secondary N) is 2. The van der Waals surface area contributed by atoms with Gasteiger partial charge in [-0.15, -0.1) is 10.2 Å². The van der Waals surface area contributed by atoms with Crippen LogP contribution in [0.25, 0.3) is 11.4 Å². The van der Waals surface area contributed by atoms with E-state index in [1.165, 1.54) is 0 Å². The van der Waals surface area contributed by atoms with Crippen LogP contribution in [0.15, 0.2) is 42.5 Å². The Morgan fingerprint density at radius 2 is 1.88 bits per heavy atom. The number of carbonyl (C=O) groups excluding carboxylic acids is 1. The van der Waals surface area contributed by atoms with Crippen LogP contribution in [0, 0.1) is 5.92 Å². The summed E-state index contributed by atoms with van der Waals surface area (Å²) in [6.45, 7) is 0. The number of halogens is 2. The molecule has 6 nitrogen and oxygen atoms in total. The summed E-state index contributed by atoms with van der Waals surface area (Å²) in [6.07, 6.45) is 0.811. The zero-order valence-electron chi connectivity index (χ0n) is 12.9. The average Bonchev–Trinajstić information content (AvgIpc) is 3.22. The first-order valence-corrected chi connectivity index (χ1v) is 8.47. The standard InChI is InChI=1S/C17H13Cl2N5O/c18-10-3-1-9(2-4-10)13-8-14(13)17(25)20-15-7-11(19)5-6-12(15)16-21-23-24-22-16/h1-7,13-14H,8H2,(H,20,25)(H,21,22,23,24)/t13-,14-/m1/s1. The Balaban J connectivity index is 1.52. The molecule has 0 radical (unpaired) electrons. The fourth-order valence-corrected chi connectivity index (χ4v) is 3.18. The Morgan fingerprint density at radius 3 is 2.60 bits per heavy atom. The predicted molar refractivity (Wildman–Crippen MR) is 95.6 cm³/mol. The van der Waals surface area contributed by atoms with Crippen molar-refractivity contribution in [3.05, 3.63) is 58.1 Å². The summed E-state index contributed by atoms with van der Waals surface area (Å²) in [5.74, 6) is 0.493. The molecule has 2 N–H and O–H groups in total. The Morgan fingerprint density at radius 1 is 1.12 bits per heavy atom. The number of hydrogen-bond acceptors (Lipinski definition) is 4. The number of hydrogen-bond donors (Lipinski definition) is 2.